The van der Waals surface area contributed by atoms with Crippen molar-refractivity contribution >= 4 is 35.8 Å². The number of aliphatic imine (C=N–C) groups is 1. The van der Waals surface area contributed by atoms with Gasteiger partial charge in [-0.05, 0) is 44.7 Å². The third-order valence-electron chi connectivity index (χ3n) is 4.03. The maximum absolute atomic E-state index is 5.76. The number of unbranched alkanes of at least 4 members (excludes halogenated alkanes) is 1. The van der Waals surface area contributed by atoms with Crippen LogP contribution in [0, 0.1) is 0 Å². The number of pyridine rings is 1. The molecular formula is C19H34IN5O2. The van der Waals surface area contributed by atoms with Crippen LogP contribution >= 0.6 is 24.0 Å². The highest BCUT2D eigenvalue weighted by molar-refractivity contribution is 14.0. The summed E-state index contributed by atoms with van der Waals surface area (Å²) in [5.74, 6) is 1.82. The van der Waals surface area contributed by atoms with Gasteiger partial charge in [-0.3, -0.25) is 4.99 Å². The molecule has 27 heavy (non-hydrogen) atoms. The SMILES string of the molecule is CCNC(=NCCCOC1CCOC1)NCCCCNc1ccccn1.I. The molecule has 1 unspecified atom stereocenters. The zero-order valence-corrected chi connectivity index (χ0v) is 18.6. The Kier molecular flexibility index (Phi) is 14.1. The van der Waals surface area contributed by atoms with Crippen molar-refractivity contribution in [3.05, 3.63) is 24.4 Å². The summed E-state index contributed by atoms with van der Waals surface area (Å²) in [6, 6.07) is 5.90. The molecule has 154 valence electrons. The van der Waals surface area contributed by atoms with Crippen molar-refractivity contribution in [1.29, 1.82) is 0 Å². The van der Waals surface area contributed by atoms with E-state index in [1.54, 1.807) is 6.20 Å². The van der Waals surface area contributed by atoms with E-state index in [1.165, 1.54) is 0 Å². The maximum atomic E-state index is 5.76. The first-order chi connectivity index (χ1) is 12.9. The Bertz CT molecular complexity index is 498. The van der Waals surface area contributed by atoms with Crippen molar-refractivity contribution in [1.82, 2.24) is 15.6 Å². The lowest BCUT2D eigenvalue weighted by Crippen LogP contribution is -2.38. The van der Waals surface area contributed by atoms with Crippen LogP contribution in [0.1, 0.15) is 32.6 Å². The number of nitrogens with one attached hydrogen (secondary N) is 3. The standard InChI is InChI=1S/C19H33N5O2.HI/c1-2-20-19(24-13-7-14-26-17-9-15-25-16-17)23-12-6-5-11-22-18-8-3-4-10-21-18;/h3-4,8,10,17H,2,5-7,9,11-16H2,1H3,(H,21,22)(H2,20,23,24);1H. The molecule has 0 aromatic carbocycles. The molecule has 0 aliphatic carbocycles. The number of anilines is 1. The van der Waals surface area contributed by atoms with Gasteiger partial charge < -0.3 is 25.4 Å². The van der Waals surface area contributed by atoms with E-state index in [-0.39, 0.29) is 30.1 Å². The van der Waals surface area contributed by atoms with Crippen molar-refractivity contribution in [3.63, 3.8) is 0 Å². The largest absolute Gasteiger partial charge is 0.379 e. The average molecular weight is 491 g/mol. The molecular weight excluding hydrogens is 457 g/mol. The van der Waals surface area contributed by atoms with Gasteiger partial charge in [0.2, 0.25) is 0 Å². The lowest BCUT2D eigenvalue weighted by molar-refractivity contribution is 0.0424. The van der Waals surface area contributed by atoms with Gasteiger partial charge in [0.05, 0.1) is 12.7 Å². The number of hydrogen-bond acceptors (Lipinski definition) is 5. The Hall–Kier alpha value is -1.13. The number of halogens is 1. The van der Waals surface area contributed by atoms with E-state index in [1.807, 2.05) is 18.2 Å². The molecule has 0 bridgehead atoms. The van der Waals surface area contributed by atoms with Crippen LogP contribution in [0.3, 0.4) is 0 Å². The van der Waals surface area contributed by atoms with Gasteiger partial charge in [0.25, 0.3) is 0 Å². The number of nitrogens with zero attached hydrogens (tertiary/aromatic N) is 2. The first-order valence-corrected chi connectivity index (χ1v) is 9.75. The summed E-state index contributed by atoms with van der Waals surface area (Å²) < 4.78 is 11.1. The van der Waals surface area contributed by atoms with Gasteiger partial charge in [0.15, 0.2) is 5.96 Å². The fraction of sp³-hybridized carbons (Fsp3) is 0.684. The summed E-state index contributed by atoms with van der Waals surface area (Å²) >= 11 is 0. The molecule has 0 amide bonds. The summed E-state index contributed by atoms with van der Waals surface area (Å²) in [4.78, 5) is 8.85. The minimum absolute atomic E-state index is 0. The summed E-state index contributed by atoms with van der Waals surface area (Å²) in [5.41, 5.74) is 0. The second-order valence-electron chi connectivity index (χ2n) is 6.25. The van der Waals surface area contributed by atoms with Crippen LogP contribution in [0.5, 0.6) is 0 Å². The number of guanidine groups is 1. The molecule has 1 aromatic heterocycles. The molecule has 0 saturated carbocycles. The lowest BCUT2D eigenvalue weighted by Gasteiger charge is -2.12. The van der Waals surface area contributed by atoms with E-state index in [0.29, 0.717) is 0 Å². The summed E-state index contributed by atoms with van der Waals surface area (Å²) in [5, 5.41) is 9.99. The zero-order chi connectivity index (χ0) is 18.3. The Labute approximate surface area is 180 Å². The molecule has 1 fully saturated rings. The summed E-state index contributed by atoms with van der Waals surface area (Å²) in [7, 11) is 0. The molecule has 0 spiro atoms. The predicted molar refractivity (Wildman–Crippen MR) is 121 cm³/mol. The molecule has 1 aromatic rings. The summed E-state index contributed by atoms with van der Waals surface area (Å²) in [6.07, 6.45) is 6.19. The van der Waals surface area contributed by atoms with Gasteiger partial charge >= 0.3 is 0 Å². The highest BCUT2D eigenvalue weighted by Gasteiger charge is 2.15. The minimum atomic E-state index is 0. The number of aromatic nitrogens is 1. The number of ether oxygens (including phenoxy) is 2. The van der Waals surface area contributed by atoms with Crippen LogP contribution in [0.25, 0.3) is 0 Å². The Morgan fingerprint density at radius 2 is 2.15 bits per heavy atom. The average Bonchev–Trinajstić information content (AvgIpc) is 3.18. The van der Waals surface area contributed by atoms with Crippen molar-refractivity contribution < 1.29 is 9.47 Å². The zero-order valence-electron chi connectivity index (χ0n) is 16.3. The van der Waals surface area contributed by atoms with Gasteiger partial charge in [-0.1, -0.05) is 6.07 Å². The van der Waals surface area contributed by atoms with Crippen LogP contribution in [0.2, 0.25) is 0 Å². The van der Waals surface area contributed by atoms with E-state index in [0.717, 1.165) is 83.5 Å². The molecule has 8 heteroatoms. The molecule has 1 aliphatic rings. The van der Waals surface area contributed by atoms with Crippen molar-refractivity contribution in [2.75, 3.05) is 51.3 Å². The second-order valence-corrected chi connectivity index (χ2v) is 6.25. The first kappa shape index (κ1) is 23.9. The third kappa shape index (κ3) is 11.3. The first-order valence-electron chi connectivity index (χ1n) is 9.75. The van der Waals surface area contributed by atoms with Crippen LogP contribution in [-0.2, 0) is 9.47 Å². The molecule has 2 heterocycles. The number of hydrogen-bond donors (Lipinski definition) is 3. The Balaban J connectivity index is 0.00000364. The van der Waals surface area contributed by atoms with E-state index < -0.39 is 0 Å². The molecule has 1 aliphatic heterocycles. The topological polar surface area (TPSA) is 79.8 Å². The lowest BCUT2D eigenvalue weighted by atomic mass is 10.3. The highest BCUT2D eigenvalue weighted by Crippen LogP contribution is 2.08. The molecule has 2 rings (SSSR count). The van der Waals surface area contributed by atoms with Gasteiger partial charge in [-0.2, -0.15) is 0 Å². The Morgan fingerprint density at radius 3 is 2.89 bits per heavy atom. The van der Waals surface area contributed by atoms with Crippen molar-refractivity contribution in [3.8, 4) is 0 Å². The van der Waals surface area contributed by atoms with Crippen molar-refractivity contribution in [2.24, 2.45) is 4.99 Å². The maximum Gasteiger partial charge on any atom is 0.191 e. The fourth-order valence-electron chi connectivity index (χ4n) is 2.63. The van der Waals surface area contributed by atoms with E-state index in [2.05, 4.69) is 32.9 Å². The monoisotopic (exact) mass is 491 g/mol. The molecule has 0 radical (unpaired) electrons. The van der Waals surface area contributed by atoms with E-state index in [4.69, 9.17) is 9.47 Å². The van der Waals surface area contributed by atoms with Gasteiger partial charge in [-0.15, -0.1) is 24.0 Å². The van der Waals surface area contributed by atoms with Crippen LogP contribution < -0.4 is 16.0 Å². The minimum Gasteiger partial charge on any atom is -0.379 e. The normalized spacial score (nSPS) is 16.6. The van der Waals surface area contributed by atoms with Gasteiger partial charge in [0, 0.05) is 45.6 Å². The molecule has 3 N–H and O–H groups in total. The molecule has 1 saturated heterocycles. The van der Waals surface area contributed by atoms with Crippen molar-refractivity contribution in [2.45, 2.75) is 38.7 Å². The second kappa shape index (κ2) is 15.9. The van der Waals surface area contributed by atoms with Crippen LogP contribution in [0.4, 0.5) is 5.82 Å². The van der Waals surface area contributed by atoms with Crippen LogP contribution in [-0.4, -0.2) is 63.0 Å². The van der Waals surface area contributed by atoms with E-state index >= 15 is 0 Å². The summed E-state index contributed by atoms with van der Waals surface area (Å²) in [6.45, 7) is 7.86. The van der Waals surface area contributed by atoms with Gasteiger partial charge in [-0.25, -0.2) is 4.98 Å². The quantitative estimate of drug-likeness (QED) is 0.181. The molecule has 7 nitrogen and oxygen atoms in total. The fourth-order valence-corrected chi connectivity index (χ4v) is 2.63. The molecule has 1 atom stereocenters. The van der Waals surface area contributed by atoms with Crippen LogP contribution in [0.15, 0.2) is 29.4 Å². The predicted octanol–water partition coefficient (Wildman–Crippen LogP) is 2.64. The Morgan fingerprint density at radius 1 is 1.26 bits per heavy atom. The highest BCUT2D eigenvalue weighted by atomic mass is 127. The van der Waals surface area contributed by atoms with Gasteiger partial charge in [0.1, 0.15) is 5.82 Å². The number of rotatable bonds is 12. The third-order valence-corrected chi connectivity index (χ3v) is 4.03. The van der Waals surface area contributed by atoms with E-state index in [9.17, 15) is 0 Å². The smallest absolute Gasteiger partial charge is 0.191 e.